The van der Waals surface area contributed by atoms with Crippen molar-refractivity contribution in [3.63, 3.8) is 0 Å². The molecule has 5 heteroatoms. The van der Waals surface area contributed by atoms with Crippen LogP contribution >= 0.6 is 0 Å². The van der Waals surface area contributed by atoms with Crippen LogP contribution in [-0.2, 0) is 12.6 Å². The van der Waals surface area contributed by atoms with Crippen molar-refractivity contribution in [1.29, 1.82) is 0 Å². The summed E-state index contributed by atoms with van der Waals surface area (Å²) in [6.45, 7) is 1.10. The highest BCUT2D eigenvalue weighted by molar-refractivity contribution is 5.74. The van der Waals surface area contributed by atoms with Crippen LogP contribution in [0.3, 0.4) is 0 Å². The molecular formula is C21H24F3NO. The molecule has 0 saturated carbocycles. The Morgan fingerprint density at radius 3 is 2.58 bits per heavy atom. The summed E-state index contributed by atoms with van der Waals surface area (Å²) in [6, 6.07) is 11.0. The van der Waals surface area contributed by atoms with E-state index in [-0.39, 0.29) is 11.3 Å². The molecule has 1 aliphatic rings. The quantitative estimate of drug-likeness (QED) is 0.776. The summed E-state index contributed by atoms with van der Waals surface area (Å²) in [5.41, 5.74) is 1.15. The van der Waals surface area contributed by atoms with E-state index in [1.165, 1.54) is 12.8 Å². The van der Waals surface area contributed by atoms with Crippen LogP contribution in [0.15, 0.2) is 42.5 Å². The minimum atomic E-state index is -4.43. The molecule has 1 heterocycles. The molecule has 26 heavy (non-hydrogen) atoms. The lowest BCUT2D eigenvalue weighted by Gasteiger charge is -2.32. The topological polar surface area (TPSA) is 23.5 Å². The maximum absolute atomic E-state index is 13.1. The second-order valence-corrected chi connectivity index (χ2v) is 7.06. The Bertz CT molecular complexity index is 757. The van der Waals surface area contributed by atoms with E-state index in [0.717, 1.165) is 49.6 Å². The van der Waals surface area contributed by atoms with Crippen molar-refractivity contribution in [1.82, 2.24) is 4.90 Å². The first-order chi connectivity index (χ1) is 12.4. The molecular weight excluding hydrogens is 339 g/mol. The smallest absolute Gasteiger partial charge is 0.416 e. The second-order valence-electron chi connectivity index (χ2n) is 7.06. The summed E-state index contributed by atoms with van der Waals surface area (Å²) in [7, 11) is 2.13. The van der Waals surface area contributed by atoms with E-state index < -0.39 is 11.7 Å². The van der Waals surface area contributed by atoms with E-state index >= 15 is 0 Å². The number of hydrogen-bond donors (Lipinski definition) is 1. The number of benzene rings is 2. The van der Waals surface area contributed by atoms with Gasteiger partial charge in [-0.3, -0.25) is 0 Å². The van der Waals surface area contributed by atoms with Crippen molar-refractivity contribution < 1.29 is 18.3 Å². The maximum atomic E-state index is 13.1. The van der Waals surface area contributed by atoms with Crippen LogP contribution < -0.4 is 0 Å². The van der Waals surface area contributed by atoms with Gasteiger partial charge in [-0.15, -0.1) is 0 Å². The number of rotatable bonds is 4. The molecule has 0 radical (unpaired) electrons. The summed E-state index contributed by atoms with van der Waals surface area (Å²) < 4.78 is 39.2. The summed E-state index contributed by atoms with van der Waals surface area (Å²) in [4.78, 5) is 2.37. The fourth-order valence-electron chi connectivity index (χ4n) is 3.76. The largest absolute Gasteiger partial charge is 0.507 e. The third kappa shape index (κ3) is 4.21. The van der Waals surface area contributed by atoms with Crippen molar-refractivity contribution in [3.8, 4) is 16.9 Å². The number of alkyl halides is 3. The van der Waals surface area contributed by atoms with Gasteiger partial charge < -0.3 is 10.0 Å². The fraction of sp³-hybridized carbons (Fsp3) is 0.429. The molecule has 2 nitrogen and oxygen atoms in total. The van der Waals surface area contributed by atoms with Crippen molar-refractivity contribution in [2.24, 2.45) is 0 Å². The van der Waals surface area contributed by atoms with E-state index in [1.807, 2.05) is 12.1 Å². The number of hydrogen-bond acceptors (Lipinski definition) is 2. The second kappa shape index (κ2) is 7.70. The zero-order chi connectivity index (χ0) is 18.7. The van der Waals surface area contributed by atoms with Crippen molar-refractivity contribution in [2.45, 2.75) is 44.3 Å². The standard InChI is InChI=1S/C21H24F3NO/c1-25-13-5-4-7-17(25)11-9-15-6-2-3-8-18(15)19-14-16(21(22,23)24)10-12-20(19)26/h2-3,6,8,10,12,14,17,26H,4-5,7,9,11,13H2,1H3. The van der Waals surface area contributed by atoms with Crippen molar-refractivity contribution >= 4 is 0 Å². The van der Waals surface area contributed by atoms with Gasteiger partial charge in [-0.25, -0.2) is 0 Å². The Kier molecular flexibility index (Phi) is 5.56. The predicted octanol–water partition coefficient (Wildman–Crippen LogP) is 5.49. The highest BCUT2D eigenvalue weighted by Gasteiger charge is 2.31. The van der Waals surface area contributed by atoms with Gasteiger partial charge in [-0.1, -0.05) is 30.7 Å². The monoisotopic (exact) mass is 363 g/mol. The molecule has 0 aromatic heterocycles. The normalized spacial score (nSPS) is 18.8. The Morgan fingerprint density at radius 1 is 1.08 bits per heavy atom. The molecule has 1 saturated heterocycles. The van der Waals surface area contributed by atoms with E-state index in [0.29, 0.717) is 11.6 Å². The van der Waals surface area contributed by atoms with Crippen LogP contribution in [0.5, 0.6) is 5.75 Å². The Morgan fingerprint density at radius 2 is 1.85 bits per heavy atom. The van der Waals surface area contributed by atoms with Crippen molar-refractivity contribution in [2.75, 3.05) is 13.6 Å². The number of aryl methyl sites for hydroxylation is 1. The van der Waals surface area contributed by atoms with Crippen LogP contribution in [0, 0.1) is 0 Å². The molecule has 0 amide bonds. The number of nitrogens with zero attached hydrogens (tertiary/aromatic N) is 1. The van der Waals surface area contributed by atoms with Gasteiger partial charge in [0.1, 0.15) is 5.75 Å². The zero-order valence-corrected chi connectivity index (χ0v) is 14.9. The molecule has 1 atom stereocenters. The molecule has 3 rings (SSSR count). The highest BCUT2D eigenvalue weighted by atomic mass is 19.4. The summed E-state index contributed by atoms with van der Waals surface area (Å²) in [5, 5.41) is 10.2. The molecule has 2 aromatic rings. The third-order valence-electron chi connectivity index (χ3n) is 5.30. The van der Waals surface area contributed by atoms with Gasteiger partial charge in [-0.05, 0) is 68.6 Å². The lowest BCUT2D eigenvalue weighted by molar-refractivity contribution is -0.137. The fourth-order valence-corrected chi connectivity index (χ4v) is 3.76. The van der Waals surface area contributed by atoms with Crippen LogP contribution in [0.1, 0.15) is 36.8 Å². The summed E-state index contributed by atoms with van der Waals surface area (Å²) in [5.74, 6) is -0.125. The van der Waals surface area contributed by atoms with Gasteiger partial charge in [0.2, 0.25) is 0 Å². The first kappa shape index (κ1) is 18.8. The first-order valence-corrected chi connectivity index (χ1v) is 9.05. The first-order valence-electron chi connectivity index (χ1n) is 9.05. The number of phenols is 1. The predicted molar refractivity (Wildman–Crippen MR) is 97.1 cm³/mol. The summed E-state index contributed by atoms with van der Waals surface area (Å²) >= 11 is 0. The number of aromatic hydroxyl groups is 1. The average Bonchev–Trinajstić information content (AvgIpc) is 2.61. The van der Waals surface area contributed by atoms with E-state index in [2.05, 4.69) is 11.9 Å². The lowest BCUT2D eigenvalue weighted by atomic mass is 9.91. The molecule has 1 N–H and O–H groups in total. The van der Waals surface area contributed by atoms with Gasteiger partial charge in [0, 0.05) is 11.6 Å². The molecule has 1 aliphatic heterocycles. The summed E-state index contributed by atoms with van der Waals surface area (Å²) in [6.07, 6.45) is 0.927. The average molecular weight is 363 g/mol. The minimum Gasteiger partial charge on any atom is -0.507 e. The molecule has 1 fully saturated rings. The number of piperidine rings is 1. The van der Waals surface area contributed by atoms with Crippen LogP contribution in [0.25, 0.3) is 11.1 Å². The van der Waals surface area contributed by atoms with Gasteiger partial charge in [0.05, 0.1) is 5.56 Å². The molecule has 0 aliphatic carbocycles. The molecule has 1 unspecified atom stereocenters. The zero-order valence-electron chi connectivity index (χ0n) is 14.9. The van der Waals surface area contributed by atoms with Crippen LogP contribution in [0.4, 0.5) is 13.2 Å². The van der Waals surface area contributed by atoms with Gasteiger partial charge in [0.25, 0.3) is 0 Å². The van der Waals surface area contributed by atoms with E-state index in [1.54, 1.807) is 12.1 Å². The number of halogens is 3. The number of likely N-dealkylation sites (tertiary alicyclic amines) is 1. The Labute approximate surface area is 152 Å². The Hall–Kier alpha value is -2.01. The molecule has 140 valence electrons. The van der Waals surface area contributed by atoms with Crippen LogP contribution in [-0.4, -0.2) is 29.6 Å². The van der Waals surface area contributed by atoms with Gasteiger partial charge in [0.15, 0.2) is 0 Å². The lowest BCUT2D eigenvalue weighted by Crippen LogP contribution is -2.36. The van der Waals surface area contributed by atoms with E-state index in [4.69, 9.17) is 0 Å². The van der Waals surface area contributed by atoms with Crippen LogP contribution in [0.2, 0.25) is 0 Å². The highest BCUT2D eigenvalue weighted by Crippen LogP contribution is 2.38. The van der Waals surface area contributed by atoms with Gasteiger partial charge >= 0.3 is 6.18 Å². The maximum Gasteiger partial charge on any atom is 0.416 e. The number of phenolic OH excluding ortho intramolecular Hbond substituents is 1. The van der Waals surface area contributed by atoms with E-state index in [9.17, 15) is 18.3 Å². The Balaban J connectivity index is 1.87. The minimum absolute atomic E-state index is 0.125. The van der Waals surface area contributed by atoms with Crippen molar-refractivity contribution in [3.05, 3.63) is 53.6 Å². The molecule has 2 aromatic carbocycles. The SMILES string of the molecule is CN1CCCCC1CCc1ccccc1-c1cc(C(F)(F)F)ccc1O. The molecule has 0 spiro atoms. The van der Waals surface area contributed by atoms with Gasteiger partial charge in [-0.2, -0.15) is 13.2 Å². The third-order valence-corrected chi connectivity index (χ3v) is 5.30. The molecule has 0 bridgehead atoms.